The second-order valence-electron chi connectivity index (χ2n) is 5.17. The van der Waals surface area contributed by atoms with Crippen LogP contribution in [0.25, 0.3) is 10.9 Å². The number of aromatic nitrogens is 1. The van der Waals surface area contributed by atoms with E-state index in [9.17, 15) is 4.79 Å². The number of aryl methyl sites for hydroxylation is 2. The van der Waals surface area contributed by atoms with Crippen LogP contribution in [-0.4, -0.2) is 10.5 Å². The third-order valence-corrected chi connectivity index (χ3v) is 3.79. The number of rotatable bonds is 3. The summed E-state index contributed by atoms with van der Waals surface area (Å²) in [5.41, 5.74) is 3.84. The molecule has 0 saturated heterocycles. The lowest BCUT2D eigenvalue weighted by molar-refractivity contribution is 0.102. The monoisotopic (exact) mass is 278 g/mol. The standard InChI is InChI=1S/C18H18N2O/c1-3-13-6-4-5-7-16(13)19-18(21)15-8-9-17-14(12-15)10-11-20(17)2/h4-12H,3H2,1-2H3,(H,19,21). The molecule has 3 nitrogen and oxygen atoms in total. The van der Waals surface area contributed by atoms with E-state index in [0.29, 0.717) is 5.56 Å². The van der Waals surface area contributed by atoms with Crippen LogP contribution in [0.5, 0.6) is 0 Å². The van der Waals surface area contributed by atoms with E-state index in [2.05, 4.69) is 12.2 Å². The molecule has 3 heteroatoms. The van der Waals surface area contributed by atoms with Crippen LogP contribution in [-0.2, 0) is 13.5 Å². The fraction of sp³-hybridized carbons (Fsp3) is 0.167. The molecule has 1 heterocycles. The molecular weight excluding hydrogens is 260 g/mol. The maximum atomic E-state index is 12.4. The summed E-state index contributed by atoms with van der Waals surface area (Å²) in [5.74, 6) is -0.0679. The molecule has 1 aromatic heterocycles. The van der Waals surface area contributed by atoms with Gasteiger partial charge in [-0.15, -0.1) is 0 Å². The Morgan fingerprint density at radius 2 is 1.95 bits per heavy atom. The van der Waals surface area contributed by atoms with Crippen molar-refractivity contribution in [3.8, 4) is 0 Å². The number of carbonyl (C=O) groups is 1. The molecule has 3 aromatic rings. The number of hydrogen-bond acceptors (Lipinski definition) is 1. The Kier molecular flexibility index (Phi) is 3.48. The van der Waals surface area contributed by atoms with E-state index in [1.165, 1.54) is 0 Å². The summed E-state index contributed by atoms with van der Waals surface area (Å²) in [6.07, 6.45) is 2.90. The predicted molar refractivity (Wildman–Crippen MR) is 86.7 cm³/mol. The average molecular weight is 278 g/mol. The van der Waals surface area contributed by atoms with Gasteiger partial charge in [-0.3, -0.25) is 4.79 Å². The molecule has 0 bridgehead atoms. The third-order valence-electron chi connectivity index (χ3n) is 3.79. The zero-order valence-electron chi connectivity index (χ0n) is 12.3. The van der Waals surface area contributed by atoms with Crippen LogP contribution in [0.2, 0.25) is 0 Å². The van der Waals surface area contributed by atoms with Gasteiger partial charge in [0.25, 0.3) is 5.91 Å². The van der Waals surface area contributed by atoms with Gasteiger partial charge in [0.15, 0.2) is 0 Å². The quantitative estimate of drug-likeness (QED) is 0.772. The van der Waals surface area contributed by atoms with E-state index in [0.717, 1.165) is 28.6 Å². The molecule has 2 aromatic carbocycles. The predicted octanol–water partition coefficient (Wildman–Crippen LogP) is 3.99. The van der Waals surface area contributed by atoms with E-state index in [1.54, 1.807) is 0 Å². The van der Waals surface area contributed by atoms with E-state index < -0.39 is 0 Å². The summed E-state index contributed by atoms with van der Waals surface area (Å²) in [4.78, 5) is 12.4. The highest BCUT2D eigenvalue weighted by atomic mass is 16.1. The Morgan fingerprint density at radius 3 is 2.76 bits per heavy atom. The summed E-state index contributed by atoms with van der Waals surface area (Å²) < 4.78 is 2.05. The van der Waals surface area contributed by atoms with Crippen molar-refractivity contribution in [2.75, 3.05) is 5.32 Å². The molecular formula is C18H18N2O. The molecule has 0 aliphatic heterocycles. The Hall–Kier alpha value is -2.55. The lowest BCUT2D eigenvalue weighted by Gasteiger charge is -2.10. The van der Waals surface area contributed by atoms with E-state index >= 15 is 0 Å². The van der Waals surface area contributed by atoms with Crippen molar-refractivity contribution in [2.45, 2.75) is 13.3 Å². The van der Waals surface area contributed by atoms with Crippen LogP contribution in [0.4, 0.5) is 5.69 Å². The third kappa shape index (κ3) is 2.55. The van der Waals surface area contributed by atoms with Crippen molar-refractivity contribution in [3.05, 3.63) is 65.9 Å². The molecule has 0 aliphatic carbocycles. The molecule has 21 heavy (non-hydrogen) atoms. The Morgan fingerprint density at radius 1 is 1.14 bits per heavy atom. The van der Waals surface area contributed by atoms with Crippen LogP contribution in [0.15, 0.2) is 54.7 Å². The molecule has 0 unspecified atom stereocenters. The van der Waals surface area contributed by atoms with Crippen molar-refractivity contribution < 1.29 is 4.79 Å². The first-order valence-electron chi connectivity index (χ1n) is 7.13. The van der Waals surface area contributed by atoms with Gasteiger partial charge < -0.3 is 9.88 Å². The molecule has 1 amide bonds. The van der Waals surface area contributed by atoms with Gasteiger partial charge in [0, 0.05) is 35.4 Å². The summed E-state index contributed by atoms with van der Waals surface area (Å²) in [7, 11) is 2.00. The SMILES string of the molecule is CCc1ccccc1NC(=O)c1ccc2c(ccn2C)c1. The van der Waals surface area contributed by atoms with Crippen LogP contribution >= 0.6 is 0 Å². The first kappa shape index (κ1) is 13.4. The highest BCUT2D eigenvalue weighted by Gasteiger charge is 2.09. The van der Waals surface area contributed by atoms with Gasteiger partial charge in [0.05, 0.1) is 0 Å². The fourth-order valence-corrected chi connectivity index (χ4v) is 2.57. The Balaban J connectivity index is 1.90. The summed E-state index contributed by atoms with van der Waals surface area (Å²) in [5, 5.41) is 4.08. The van der Waals surface area contributed by atoms with Gasteiger partial charge in [-0.05, 0) is 42.3 Å². The molecule has 1 N–H and O–H groups in total. The van der Waals surface area contributed by atoms with E-state index in [-0.39, 0.29) is 5.91 Å². The van der Waals surface area contributed by atoms with Gasteiger partial charge in [-0.2, -0.15) is 0 Å². The molecule has 0 aliphatic rings. The minimum absolute atomic E-state index is 0.0679. The highest BCUT2D eigenvalue weighted by Crippen LogP contribution is 2.19. The number of benzene rings is 2. The van der Waals surface area contributed by atoms with Crippen LogP contribution < -0.4 is 5.32 Å². The first-order chi connectivity index (χ1) is 10.2. The van der Waals surface area contributed by atoms with Crippen LogP contribution in [0.1, 0.15) is 22.8 Å². The number of nitrogens with one attached hydrogen (secondary N) is 1. The number of para-hydroxylation sites is 1. The van der Waals surface area contributed by atoms with Gasteiger partial charge in [-0.1, -0.05) is 25.1 Å². The van der Waals surface area contributed by atoms with Gasteiger partial charge in [-0.25, -0.2) is 0 Å². The number of hydrogen-bond donors (Lipinski definition) is 1. The second kappa shape index (κ2) is 5.44. The Labute approximate surface area is 124 Å². The molecule has 106 valence electrons. The highest BCUT2D eigenvalue weighted by molar-refractivity contribution is 6.06. The lowest BCUT2D eigenvalue weighted by Crippen LogP contribution is -2.13. The van der Waals surface area contributed by atoms with Crippen molar-refractivity contribution in [1.82, 2.24) is 4.57 Å². The lowest BCUT2D eigenvalue weighted by atomic mass is 10.1. The van der Waals surface area contributed by atoms with Crippen molar-refractivity contribution in [3.63, 3.8) is 0 Å². The first-order valence-corrected chi connectivity index (χ1v) is 7.13. The number of fused-ring (bicyclic) bond motifs is 1. The number of anilines is 1. The molecule has 0 spiro atoms. The van der Waals surface area contributed by atoms with Crippen molar-refractivity contribution >= 4 is 22.5 Å². The van der Waals surface area contributed by atoms with Crippen molar-refractivity contribution in [1.29, 1.82) is 0 Å². The van der Waals surface area contributed by atoms with Crippen molar-refractivity contribution in [2.24, 2.45) is 7.05 Å². The smallest absolute Gasteiger partial charge is 0.255 e. The zero-order valence-corrected chi connectivity index (χ0v) is 12.3. The summed E-state index contributed by atoms with van der Waals surface area (Å²) in [6.45, 7) is 2.08. The molecule has 3 rings (SSSR count). The second-order valence-corrected chi connectivity index (χ2v) is 5.17. The summed E-state index contributed by atoms with van der Waals surface area (Å²) >= 11 is 0. The number of amides is 1. The summed E-state index contributed by atoms with van der Waals surface area (Å²) in [6, 6.07) is 15.7. The molecule has 0 radical (unpaired) electrons. The maximum Gasteiger partial charge on any atom is 0.255 e. The molecule has 0 saturated carbocycles. The van der Waals surface area contributed by atoms with Crippen LogP contribution in [0.3, 0.4) is 0 Å². The fourth-order valence-electron chi connectivity index (χ4n) is 2.57. The zero-order chi connectivity index (χ0) is 14.8. The molecule has 0 fully saturated rings. The van der Waals surface area contributed by atoms with Gasteiger partial charge in [0.1, 0.15) is 0 Å². The number of nitrogens with zero attached hydrogens (tertiary/aromatic N) is 1. The normalized spacial score (nSPS) is 10.8. The van der Waals surface area contributed by atoms with E-state index in [1.807, 2.05) is 66.3 Å². The topological polar surface area (TPSA) is 34.0 Å². The van der Waals surface area contributed by atoms with E-state index in [4.69, 9.17) is 0 Å². The minimum atomic E-state index is -0.0679. The average Bonchev–Trinajstić information content (AvgIpc) is 2.88. The van der Waals surface area contributed by atoms with Crippen LogP contribution in [0, 0.1) is 0 Å². The minimum Gasteiger partial charge on any atom is -0.351 e. The van der Waals surface area contributed by atoms with Gasteiger partial charge >= 0.3 is 0 Å². The van der Waals surface area contributed by atoms with Gasteiger partial charge in [0.2, 0.25) is 0 Å². The maximum absolute atomic E-state index is 12.4. The molecule has 0 atom stereocenters. The largest absolute Gasteiger partial charge is 0.351 e. The Bertz CT molecular complexity index is 802. The number of carbonyl (C=O) groups excluding carboxylic acids is 1.